The van der Waals surface area contributed by atoms with E-state index in [1.54, 1.807) is 30.1 Å². The van der Waals surface area contributed by atoms with E-state index in [-0.39, 0.29) is 5.25 Å². The molecule has 0 saturated carbocycles. The van der Waals surface area contributed by atoms with E-state index < -0.39 is 0 Å². The van der Waals surface area contributed by atoms with Gasteiger partial charge >= 0.3 is 0 Å². The Balaban J connectivity index is 1.77. The van der Waals surface area contributed by atoms with E-state index in [1.807, 2.05) is 6.92 Å². The molecule has 0 bridgehead atoms. The average Bonchev–Trinajstić information content (AvgIpc) is 3.09. The zero-order chi connectivity index (χ0) is 13.2. The molecule has 8 nitrogen and oxygen atoms in total. The highest BCUT2D eigenvalue weighted by atomic mass is 32.2. The van der Waals surface area contributed by atoms with Crippen molar-refractivity contribution in [2.45, 2.75) is 17.3 Å². The van der Waals surface area contributed by atoms with Crippen LogP contribution in [-0.2, 0) is 7.05 Å². The van der Waals surface area contributed by atoms with Crippen LogP contribution >= 0.6 is 11.8 Å². The first-order chi connectivity index (χ1) is 9.24. The third kappa shape index (κ3) is 2.36. The van der Waals surface area contributed by atoms with Gasteiger partial charge < -0.3 is 8.94 Å². The van der Waals surface area contributed by atoms with Crippen molar-refractivity contribution in [3.63, 3.8) is 0 Å². The van der Waals surface area contributed by atoms with Crippen molar-refractivity contribution in [2.24, 2.45) is 7.05 Å². The maximum absolute atomic E-state index is 5.22. The highest BCUT2D eigenvalue weighted by Gasteiger charge is 2.19. The van der Waals surface area contributed by atoms with Crippen molar-refractivity contribution in [2.75, 3.05) is 0 Å². The molecule has 3 aromatic rings. The Hall–Kier alpha value is -2.16. The molecule has 1 atom stereocenters. The van der Waals surface area contributed by atoms with E-state index in [0.29, 0.717) is 22.6 Å². The van der Waals surface area contributed by atoms with Crippen molar-refractivity contribution < 1.29 is 8.94 Å². The van der Waals surface area contributed by atoms with Crippen LogP contribution in [0.2, 0.25) is 0 Å². The summed E-state index contributed by atoms with van der Waals surface area (Å²) in [6, 6.07) is 3.55. The molecule has 0 aliphatic carbocycles. The quantitative estimate of drug-likeness (QED) is 0.665. The minimum absolute atomic E-state index is 0.0547. The molecule has 3 heterocycles. The average molecular weight is 278 g/mol. The molecular formula is C10H10N6O2S. The summed E-state index contributed by atoms with van der Waals surface area (Å²) in [5.74, 6) is 1.51. The number of nitrogens with zero attached hydrogens (tertiary/aromatic N) is 6. The van der Waals surface area contributed by atoms with Crippen LogP contribution in [0.15, 0.2) is 32.5 Å². The summed E-state index contributed by atoms with van der Waals surface area (Å²) in [5, 5.41) is 15.7. The fourth-order valence-corrected chi connectivity index (χ4v) is 2.22. The molecule has 0 aromatic carbocycles. The summed E-state index contributed by atoms with van der Waals surface area (Å²) in [6.07, 6.45) is 1.56. The van der Waals surface area contributed by atoms with E-state index in [9.17, 15) is 0 Å². The Labute approximate surface area is 112 Å². The summed E-state index contributed by atoms with van der Waals surface area (Å²) < 4.78 is 12.0. The van der Waals surface area contributed by atoms with Crippen LogP contribution in [0.25, 0.3) is 11.6 Å². The van der Waals surface area contributed by atoms with Gasteiger partial charge in [-0.25, -0.2) is 4.68 Å². The molecule has 9 heteroatoms. The van der Waals surface area contributed by atoms with Gasteiger partial charge in [-0.2, -0.15) is 4.98 Å². The lowest BCUT2D eigenvalue weighted by atomic mass is 10.4. The number of tetrazole rings is 1. The van der Waals surface area contributed by atoms with Crippen LogP contribution in [0, 0.1) is 0 Å². The minimum atomic E-state index is -0.0547. The number of aromatic nitrogens is 6. The number of aryl methyl sites for hydroxylation is 1. The van der Waals surface area contributed by atoms with Crippen molar-refractivity contribution in [1.82, 2.24) is 30.3 Å². The number of rotatable bonds is 4. The molecule has 3 aromatic heterocycles. The van der Waals surface area contributed by atoms with Crippen LogP contribution in [0.1, 0.15) is 18.1 Å². The molecule has 0 N–H and O–H groups in total. The number of thioether (sulfide) groups is 1. The van der Waals surface area contributed by atoms with Crippen molar-refractivity contribution in [1.29, 1.82) is 0 Å². The monoisotopic (exact) mass is 278 g/mol. The number of hydrogen-bond donors (Lipinski definition) is 0. The van der Waals surface area contributed by atoms with E-state index in [2.05, 4.69) is 25.7 Å². The number of furan rings is 1. The minimum Gasteiger partial charge on any atom is -0.461 e. The molecule has 3 rings (SSSR count). The molecule has 0 radical (unpaired) electrons. The van der Waals surface area contributed by atoms with Gasteiger partial charge in [-0.15, -0.1) is 5.10 Å². The lowest BCUT2D eigenvalue weighted by Gasteiger charge is -2.03. The SMILES string of the molecule is C[C@H](Sc1nnnn1C)c1nc(-c2ccco2)no1. The fraction of sp³-hybridized carbons (Fsp3) is 0.300. The summed E-state index contributed by atoms with van der Waals surface area (Å²) >= 11 is 1.44. The highest BCUT2D eigenvalue weighted by Crippen LogP contribution is 2.32. The Morgan fingerprint density at radius 2 is 2.32 bits per heavy atom. The molecule has 19 heavy (non-hydrogen) atoms. The van der Waals surface area contributed by atoms with E-state index in [0.717, 1.165) is 0 Å². The second kappa shape index (κ2) is 4.84. The van der Waals surface area contributed by atoms with Crippen LogP contribution in [0.5, 0.6) is 0 Å². The second-order valence-electron chi connectivity index (χ2n) is 3.78. The summed E-state index contributed by atoms with van der Waals surface area (Å²) in [6.45, 7) is 1.94. The van der Waals surface area contributed by atoms with Gasteiger partial charge in [0.25, 0.3) is 0 Å². The van der Waals surface area contributed by atoms with Gasteiger partial charge in [-0.3, -0.25) is 0 Å². The van der Waals surface area contributed by atoms with Crippen molar-refractivity contribution in [3.05, 3.63) is 24.3 Å². The van der Waals surface area contributed by atoms with Gasteiger partial charge in [0.15, 0.2) is 5.76 Å². The van der Waals surface area contributed by atoms with Gasteiger partial charge in [-0.05, 0) is 29.5 Å². The first kappa shape index (κ1) is 11.9. The van der Waals surface area contributed by atoms with Crippen LogP contribution in [0.4, 0.5) is 0 Å². The van der Waals surface area contributed by atoms with Crippen LogP contribution in [0.3, 0.4) is 0 Å². The molecule has 98 valence electrons. The maximum Gasteiger partial charge on any atom is 0.240 e. The third-order valence-corrected chi connectivity index (χ3v) is 3.51. The van der Waals surface area contributed by atoms with Crippen LogP contribution < -0.4 is 0 Å². The van der Waals surface area contributed by atoms with E-state index in [1.165, 1.54) is 11.8 Å². The largest absolute Gasteiger partial charge is 0.461 e. The normalized spacial score (nSPS) is 12.7. The summed E-state index contributed by atoms with van der Waals surface area (Å²) in [5.41, 5.74) is 0. The van der Waals surface area contributed by atoms with Gasteiger partial charge in [0.1, 0.15) is 0 Å². The zero-order valence-corrected chi connectivity index (χ0v) is 11.0. The first-order valence-corrected chi connectivity index (χ1v) is 6.38. The van der Waals surface area contributed by atoms with Gasteiger partial charge in [0.05, 0.1) is 11.5 Å². The predicted octanol–water partition coefficient (Wildman–Crippen LogP) is 1.71. The third-order valence-electron chi connectivity index (χ3n) is 2.39. The maximum atomic E-state index is 5.22. The zero-order valence-electron chi connectivity index (χ0n) is 10.2. The van der Waals surface area contributed by atoms with Gasteiger partial charge in [0, 0.05) is 7.05 Å². The molecular weight excluding hydrogens is 268 g/mol. The van der Waals surface area contributed by atoms with Crippen molar-refractivity contribution >= 4 is 11.8 Å². The molecule has 0 amide bonds. The highest BCUT2D eigenvalue weighted by molar-refractivity contribution is 7.99. The predicted molar refractivity (Wildman–Crippen MR) is 65.1 cm³/mol. The summed E-state index contributed by atoms with van der Waals surface area (Å²) in [4.78, 5) is 4.29. The topological polar surface area (TPSA) is 95.7 Å². The fourth-order valence-electron chi connectivity index (χ4n) is 1.44. The molecule has 0 aliphatic rings. The van der Waals surface area contributed by atoms with E-state index in [4.69, 9.17) is 8.94 Å². The summed E-state index contributed by atoms with van der Waals surface area (Å²) in [7, 11) is 1.77. The smallest absolute Gasteiger partial charge is 0.240 e. The lowest BCUT2D eigenvalue weighted by Crippen LogP contribution is -1.96. The Bertz CT molecular complexity index is 661. The van der Waals surface area contributed by atoms with Crippen LogP contribution in [-0.4, -0.2) is 30.3 Å². The molecule has 0 fully saturated rings. The molecule has 0 aliphatic heterocycles. The Kier molecular flexibility index (Phi) is 3.03. The first-order valence-electron chi connectivity index (χ1n) is 5.50. The standard InChI is InChI=1S/C10H10N6O2S/c1-6(19-10-12-14-15-16(10)2)9-11-8(13-18-9)7-4-3-5-17-7/h3-6H,1-2H3/t6-/m0/s1. The second-order valence-corrected chi connectivity index (χ2v) is 5.09. The van der Waals surface area contributed by atoms with E-state index >= 15 is 0 Å². The lowest BCUT2D eigenvalue weighted by molar-refractivity contribution is 0.379. The molecule has 0 spiro atoms. The van der Waals surface area contributed by atoms with Crippen molar-refractivity contribution in [3.8, 4) is 11.6 Å². The Morgan fingerprint density at radius 3 is 3.00 bits per heavy atom. The van der Waals surface area contributed by atoms with Gasteiger partial charge in [0.2, 0.25) is 16.9 Å². The molecule has 0 saturated heterocycles. The van der Waals surface area contributed by atoms with Gasteiger partial charge in [-0.1, -0.05) is 16.9 Å². The Morgan fingerprint density at radius 1 is 1.42 bits per heavy atom. The molecule has 0 unspecified atom stereocenters. The number of hydrogen-bond acceptors (Lipinski definition) is 8.